The average Bonchev–Trinajstić information content (AvgIpc) is 2.15. The number of hydrogen-bond donors (Lipinski definition) is 3. The maximum atomic E-state index is 10.0. The van der Waals surface area contributed by atoms with E-state index in [2.05, 4.69) is 0 Å². The van der Waals surface area contributed by atoms with Crippen molar-refractivity contribution in [2.24, 2.45) is 17.8 Å². The Morgan fingerprint density at radius 3 is 1.53 bits per heavy atom. The van der Waals surface area contributed by atoms with Crippen molar-refractivity contribution in [1.82, 2.24) is 0 Å². The largest absolute Gasteiger partial charge is 0.392 e. The molecule has 0 amide bonds. The summed E-state index contributed by atoms with van der Waals surface area (Å²) in [4.78, 5) is 0. The third kappa shape index (κ3) is 4.09. The first-order valence-corrected chi connectivity index (χ1v) is 5.87. The number of aliphatic hydroxyl groups excluding tert-OH is 3. The van der Waals surface area contributed by atoms with E-state index >= 15 is 0 Å². The molecule has 0 aliphatic rings. The summed E-state index contributed by atoms with van der Waals surface area (Å²) in [6.07, 6.45) is -1.64. The van der Waals surface area contributed by atoms with Gasteiger partial charge in [0.2, 0.25) is 0 Å². The van der Waals surface area contributed by atoms with Crippen LogP contribution in [0.3, 0.4) is 0 Å². The Morgan fingerprint density at radius 2 is 1.27 bits per heavy atom. The van der Waals surface area contributed by atoms with Crippen LogP contribution >= 0.6 is 0 Å². The van der Waals surface area contributed by atoms with Crippen molar-refractivity contribution < 1.29 is 15.3 Å². The number of rotatable bonds is 6. The van der Waals surface area contributed by atoms with Crippen molar-refractivity contribution in [2.45, 2.75) is 59.4 Å². The molecule has 3 nitrogen and oxygen atoms in total. The predicted molar refractivity (Wildman–Crippen MR) is 61.5 cm³/mol. The molecule has 0 aromatic rings. The van der Waals surface area contributed by atoms with Gasteiger partial charge in [0.05, 0.1) is 18.3 Å². The Kier molecular flexibility index (Phi) is 6.41. The normalized spacial score (nSPS) is 20.4. The molecule has 0 aliphatic carbocycles. The van der Waals surface area contributed by atoms with Gasteiger partial charge in [0.25, 0.3) is 0 Å². The van der Waals surface area contributed by atoms with Crippen molar-refractivity contribution in [1.29, 1.82) is 0 Å². The van der Waals surface area contributed by atoms with Crippen LogP contribution in [-0.4, -0.2) is 33.6 Å². The fourth-order valence-corrected chi connectivity index (χ4v) is 1.93. The van der Waals surface area contributed by atoms with Crippen LogP contribution in [0.15, 0.2) is 0 Å². The molecule has 92 valence electrons. The molecule has 0 bridgehead atoms. The van der Waals surface area contributed by atoms with Gasteiger partial charge in [-0.3, -0.25) is 0 Å². The lowest BCUT2D eigenvalue weighted by molar-refractivity contribution is -0.0857. The molecule has 0 fully saturated rings. The summed E-state index contributed by atoms with van der Waals surface area (Å²) in [5.74, 6) is -0.0188. The van der Waals surface area contributed by atoms with Crippen LogP contribution in [0.5, 0.6) is 0 Å². The second-order valence-electron chi connectivity index (χ2n) is 5.02. The van der Waals surface area contributed by atoms with Crippen LogP contribution in [-0.2, 0) is 0 Å². The molecule has 3 heteroatoms. The van der Waals surface area contributed by atoms with Gasteiger partial charge in [-0.2, -0.15) is 0 Å². The Morgan fingerprint density at radius 1 is 0.800 bits per heavy atom. The summed E-state index contributed by atoms with van der Waals surface area (Å²) < 4.78 is 0. The first-order valence-electron chi connectivity index (χ1n) is 5.87. The molecule has 3 N–H and O–H groups in total. The second kappa shape index (κ2) is 6.46. The minimum Gasteiger partial charge on any atom is -0.392 e. The van der Waals surface area contributed by atoms with E-state index in [9.17, 15) is 15.3 Å². The molecule has 0 saturated carbocycles. The summed E-state index contributed by atoms with van der Waals surface area (Å²) in [6.45, 7) is 9.59. The van der Waals surface area contributed by atoms with E-state index in [1.54, 1.807) is 0 Å². The molecule has 4 unspecified atom stereocenters. The van der Waals surface area contributed by atoms with Crippen molar-refractivity contribution in [3.63, 3.8) is 0 Å². The van der Waals surface area contributed by atoms with Gasteiger partial charge in [0.15, 0.2) is 0 Å². The van der Waals surface area contributed by atoms with E-state index in [-0.39, 0.29) is 17.8 Å². The minimum atomic E-state index is -0.840. The third-order valence-corrected chi connectivity index (χ3v) is 3.05. The fourth-order valence-electron chi connectivity index (χ4n) is 1.93. The quantitative estimate of drug-likeness (QED) is 0.631. The molecular formula is C12H26O3. The van der Waals surface area contributed by atoms with Crippen molar-refractivity contribution >= 4 is 0 Å². The predicted octanol–water partition coefficient (Wildman–Crippen LogP) is 1.41. The van der Waals surface area contributed by atoms with Crippen molar-refractivity contribution in [2.75, 3.05) is 0 Å². The van der Waals surface area contributed by atoms with Gasteiger partial charge < -0.3 is 15.3 Å². The maximum Gasteiger partial charge on any atom is 0.0854 e. The first kappa shape index (κ1) is 14.9. The van der Waals surface area contributed by atoms with Crippen LogP contribution in [0.2, 0.25) is 0 Å². The van der Waals surface area contributed by atoms with E-state index in [4.69, 9.17) is 0 Å². The third-order valence-electron chi connectivity index (χ3n) is 3.05. The first-order chi connectivity index (χ1) is 6.82. The highest BCUT2D eigenvalue weighted by Gasteiger charge is 2.34. The average molecular weight is 218 g/mol. The Hall–Kier alpha value is -0.120. The zero-order chi connectivity index (χ0) is 12.2. The van der Waals surface area contributed by atoms with Crippen LogP contribution < -0.4 is 0 Å². The van der Waals surface area contributed by atoms with Crippen molar-refractivity contribution in [3.8, 4) is 0 Å². The van der Waals surface area contributed by atoms with E-state index in [0.717, 1.165) is 0 Å². The van der Waals surface area contributed by atoms with E-state index < -0.39 is 18.3 Å². The van der Waals surface area contributed by atoms with Crippen molar-refractivity contribution in [3.05, 3.63) is 0 Å². The molecule has 0 radical (unpaired) electrons. The summed E-state index contributed by atoms with van der Waals surface area (Å²) in [6, 6.07) is 0. The molecule has 0 aromatic carbocycles. The summed E-state index contributed by atoms with van der Waals surface area (Å²) in [5.41, 5.74) is 0. The zero-order valence-electron chi connectivity index (χ0n) is 10.5. The Balaban J connectivity index is 4.65. The number of aliphatic hydroxyl groups is 3. The summed E-state index contributed by atoms with van der Waals surface area (Å²) in [7, 11) is 0. The van der Waals surface area contributed by atoms with Gasteiger partial charge in [-0.1, -0.05) is 34.6 Å². The van der Waals surface area contributed by atoms with Crippen LogP contribution in [0, 0.1) is 17.8 Å². The highest BCUT2D eigenvalue weighted by molar-refractivity contribution is 4.84. The van der Waals surface area contributed by atoms with Crippen LogP contribution in [0.1, 0.15) is 41.0 Å². The monoisotopic (exact) mass is 218 g/mol. The lowest BCUT2D eigenvalue weighted by atomic mass is 9.79. The second-order valence-corrected chi connectivity index (χ2v) is 5.02. The highest BCUT2D eigenvalue weighted by Crippen LogP contribution is 2.26. The minimum absolute atomic E-state index is 0.0936. The van der Waals surface area contributed by atoms with Gasteiger partial charge in [0, 0.05) is 5.92 Å². The van der Waals surface area contributed by atoms with Gasteiger partial charge in [0.1, 0.15) is 0 Å². The summed E-state index contributed by atoms with van der Waals surface area (Å²) in [5, 5.41) is 29.6. The standard InChI is InChI=1S/C12H26O3/c1-6-9(13)12(15)10(7(2)3)11(14)8(4)5/h7-15H,6H2,1-5H3. The topological polar surface area (TPSA) is 60.7 Å². The van der Waals surface area contributed by atoms with Crippen LogP contribution in [0.4, 0.5) is 0 Å². The van der Waals surface area contributed by atoms with Gasteiger partial charge in [-0.05, 0) is 18.3 Å². The van der Waals surface area contributed by atoms with E-state index in [1.807, 2.05) is 34.6 Å². The lowest BCUT2D eigenvalue weighted by Crippen LogP contribution is -2.44. The van der Waals surface area contributed by atoms with Gasteiger partial charge in [-0.25, -0.2) is 0 Å². The van der Waals surface area contributed by atoms with E-state index in [1.165, 1.54) is 0 Å². The molecule has 0 aliphatic heterocycles. The molecule has 0 saturated heterocycles. The molecule has 0 heterocycles. The smallest absolute Gasteiger partial charge is 0.0854 e. The van der Waals surface area contributed by atoms with E-state index in [0.29, 0.717) is 6.42 Å². The molecule has 0 rings (SSSR count). The Labute approximate surface area is 93.1 Å². The van der Waals surface area contributed by atoms with Gasteiger partial charge >= 0.3 is 0 Å². The Bertz CT molecular complexity index is 168. The lowest BCUT2D eigenvalue weighted by Gasteiger charge is -2.34. The molecule has 4 atom stereocenters. The molecule has 15 heavy (non-hydrogen) atoms. The summed E-state index contributed by atoms with van der Waals surface area (Å²) >= 11 is 0. The maximum absolute atomic E-state index is 10.0. The zero-order valence-corrected chi connectivity index (χ0v) is 10.5. The number of hydrogen-bond acceptors (Lipinski definition) is 3. The fraction of sp³-hybridized carbons (Fsp3) is 1.00. The highest BCUT2D eigenvalue weighted by atomic mass is 16.3. The molecule has 0 spiro atoms. The molecule has 0 aromatic heterocycles. The molecular weight excluding hydrogens is 192 g/mol. The van der Waals surface area contributed by atoms with Crippen LogP contribution in [0.25, 0.3) is 0 Å². The van der Waals surface area contributed by atoms with Gasteiger partial charge in [-0.15, -0.1) is 0 Å². The SMILES string of the molecule is CCC(O)C(O)C(C(C)C)C(O)C(C)C.